The van der Waals surface area contributed by atoms with Gasteiger partial charge in [0, 0.05) is 6.20 Å². The minimum Gasteiger partial charge on any atom is -0.320 e. The van der Waals surface area contributed by atoms with Gasteiger partial charge in [0.25, 0.3) is 0 Å². The van der Waals surface area contributed by atoms with E-state index in [2.05, 4.69) is 20.5 Å². The molecule has 0 aliphatic heterocycles. The van der Waals surface area contributed by atoms with Crippen LogP contribution in [0.5, 0.6) is 0 Å². The van der Waals surface area contributed by atoms with Crippen molar-refractivity contribution < 1.29 is 4.79 Å². The molecule has 106 valence electrons. The zero-order chi connectivity index (χ0) is 14.4. The van der Waals surface area contributed by atoms with Crippen molar-refractivity contribution in [1.29, 1.82) is 0 Å². The third kappa shape index (κ3) is 3.99. The molecule has 2 aromatic heterocycles. The highest BCUT2D eigenvalue weighted by Crippen LogP contribution is 2.24. The molecule has 2 heterocycles. The normalized spacial score (nSPS) is 12.1. The molecule has 0 saturated heterocycles. The molecule has 0 aliphatic rings. The molecule has 20 heavy (non-hydrogen) atoms. The highest BCUT2D eigenvalue weighted by Gasteiger charge is 2.15. The number of amides is 1. The largest absolute Gasteiger partial charge is 0.320 e. The predicted octanol–water partition coefficient (Wildman–Crippen LogP) is 1.62. The third-order valence-electron chi connectivity index (χ3n) is 2.51. The van der Waals surface area contributed by atoms with E-state index < -0.39 is 6.04 Å². The number of nitrogens with two attached hydrogens (primary N) is 1. The van der Waals surface area contributed by atoms with E-state index in [9.17, 15) is 4.79 Å². The van der Waals surface area contributed by atoms with E-state index in [0.717, 1.165) is 11.4 Å². The van der Waals surface area contributed by atoms with Crippen LogP contribution in [0.1, 0.15) is 6.42 Å². The summed E-state index contributed by atoms with van der Waals surface area (Å²) in [4.78, 5) is 16.0. The van der Waals surface area contributed by atoms with Crippen molar-refractivity contribution in [3.63, 3.8) is 0 Å². The van der Waals surface area contributed by atoms with Gasteiger partial charge in [0.2, 0.25) is 11.0 Å². The average molecular weight is 309 g/mol. The van der Waals surface area contributed by atoms with E-state index in [-0.39, 0.29) is 5.91 Å². The molecule has 0 spiro atoms. The molecule has 1 atom stereocenters. The molecule has 0 saturated carbocycles. The predicted molar refractivity (Wildman–Crippen MR) is 82.7 cm³/mol. The Hall–Kier alpha value is -1.51. The van der Waals surface area contributed by atoms with Crippen LogP contribution in [-0.2, 0) is 4.79 Å². The number of anilines is 1. The van der Waals surface area contributed by atoms with Gasteiger partial charge in [-0.1, -0.05) is 17.4 Å². The zero-order valence-corrected chi connectivity index (χ0v) is 12.6. The Labute approximate surface area is 125 Å². The molecule has 0 bridgehead atoms. The molecule has 2 aromatic rings. The molecule has 3 N–H and O–H groups in total. The maximum atomic E-state index is 11.8. The number of hydrogen-bond donors (Lipinski definition) is 2. The van der Waals surface area contributed by atoms with Crippen LogP contribution in [0, 0.1) is 0 Å². The summed E-state index contributed by atoms with van der Waals surface area (Å²) in [6.45, 7) is 0. The lowest BCUT2D eigenvalue weighted by atomic mass is 10.2. The van der Waals surface area contributed by atoms with E-state index in [4.69, 9.17) is 5.73 Å². The van der Waals surface area contributed by atoms with E-state index in [0.29, 0.717) is 16.6 Å². The first-order valence-electron chi connectivity index (χ1n) is 6.01. The lowest BCUT2D eigenvalue weighted by Gasteiger charge is -2.08. The van der Waals surface area contributed by atoms with Gasteiger partial charge >= 0.3 is 0 Å². The number of rotatable bonds is 6. The monoisotopic (exact) mass is 309 g/mol. The summed E-state index contributed by atoms with van der Waals surface area (Å²) in [6.07, 6.45) is 4.31. The van der Waals surface area contributed by atoms with Gasteiger partial charge in [-0.15, -0.1) is 10.2 Å². The SMILES string of the molecule is CSCC[C@H](N)C(=O)Nc1nnc(-c2ccccn2)s1. The lowest BCUT2D eigenvalue weighted by molar-refractivity contribution is -0.117. The first-order chi connectivity index (χ1) is 9.70. The number of thioether (sulfide) groups is 1. The molecule has 1 amide bonds. The summed E-state index contributed by atoms with van der Waals surface area (Å²) >= 11 is 2.94. The number of aromatic nitrogens is 3. The molecule has 0 aliphatic carbocycles. The Bertz CT molecular complexity index is 560. The van der Waals surface area contributed by atoms with Crippen molar-refractivity contribution in [1.82, 2.24) is 15.2 Å². The Kier molecular flexibility index (Phi) is 5.45. The average Bonchev–Trinajstić information content (AvgIpc) is 2.94. The van der Waals surface area contributed by atoms with Gasteiger partial charge in [-0.25, -0.2) is 0 Å². The lowest BCUT2D eigenvalue weighted by Crippen LogP contribution is -2.36. The first kappa shape index (κ1) is 14.9. The van der Waals surface area contributed by atoms with E-state index in [1.54, 1.807) is 18.0 Å². The van der Waals surface area contributed by atoms with Gasteiger partial charge in [0.05, 0.1) is 6.04 Å². The topological polar surface area (TPSA) is 93.8 Å². The van der Waals surface area contributed by atoms with Crippen LogP contribution in [0.2, 0.25) is 0 Å². The number of hydrogen-bond acceptors (Lipinski definition) is 7. The number of pyridine rings is 1. The summed E-state index contributed by atoms with van der Waals surface area (Å²) in [6, 6.07) is 5.03. The molecule has 0 fully saturated rings. The van der Waals surface area contributed by atoms with Crippen LogP contribution in [0.15, 0.2) is 24.4 Å². The first-order valence-corrected chi connectivity index (χ1v) is 8.22. The van der Waals surface area contributed by atoms with Crippen molar-refractivity contribution in [3.8, 4) is 10.7 Å². The van der Waals surface area contributed by atoms with Crippen molar-refractivity contribution in [2.24, 2.45) is 5.73 Å². The Morgan fingerprint density at radius 1 is 1.50 bits per heavy atom. The second-order valence-corrected chi connectivity index (χ2v) is 5.97. The van der Waals surface area contributed by atoms with Crippen LogP contribution < -0.4 is 11.1 Å². The van der Waals surface area contributed by atoms with Crippen LogP contribution in [-0.4, -0.2) is 39.1 Å². The van der Waals surface area contributed by atoms with Crippen molar-refractivity contribution in [3.05, 3.63) is 24.4 Å². The van der Waals surface area contributed by atoms with Crippen LogP contribution >= 0.6 is 23.1 Å². The Balaban J connectivity index is 1.98. The summed E-state index contributed by atoms with van der Waals surface area (Å²) in [5.74, 6) is 0.618. The molecule has 8 heteroatoms. The molecule has 0 aromatic carbocycles. The standard InChI is InChI=1S/C12H15N5OS2/c1-19-7-5-8(13)10(18)15-12-17-16-11(20-12)9-4-2-3-6-14-9/h2-4,6,8H,5,7,13H2,1H3,(H,15,17,18)/t8-/m0/s1. The molecule has 0 radical (unpaired) electrons. The summed E-state index contributed by atoms with van der Waals surface area (Å²) in [5.41, 5.74) is 6.52. The van der Waals surface area contributed by atoms with Gasteiger partial charge < -0.3 is 5.73 Å². The molecular formula is C12H15N5OS2. The van der Waals surface area contributed by atoms with Crippen molar-refractivity contribution in [2.45, 2.75) is 12.5 Å². The molecular weight excluding hydrogens is 294 g/mol. The Morgan fingerprint density at radius 3 is 3.05 bits per heavy atom. The highest BCUT2D eigenvalue weighted by atomic mass is 32.2. The minimum absolute atomic E-state index is 0.234. The van der Waals surface area contributed by atoms with Gasteiger partial charge in [-0.2, -0.15) is 11.8 Å². The fraction of sp³-hybridized carbons (Fsp3) is 0.333. The summed E-state index contributed by atoms with van der Waals surface area (Å²) < 4.78 is 0. The van der Waals surface area contributed by atoms with Crippen molar-refractivity contribution in [2.75, 3.05) is 17.3 Å². The highest BCUT2D eigenvalue weighted by molar-refractivity contribution is 7.98. The third-order valence-corrected chi connectivity index (χ3v) is 4.01. The minimum atomic E-state index is -0.523. The van der Waals surface area contributed by atoms with Crippen LogP contribution in [0.25, 0.3) is 10.7 Å². The van der Waals surface area contributed by atoms with Crippen molar-refractivity contribution >= 4 is 34.1 Å². The second kappa shape index (κ2) is 7.32. The van der Waals surface area contributed by atoms with E-state index in [1.165, 1.54) is 11.3 Å². The summed E-state index contributed by atoms with van der Waals surface area (Å²) in [7, 11) is 0. The number of carbonyl (C=O) groups excluding carboxylic acids is 1. The quantitative estimate of drug-likeness (QED) is 0.842. The van der Waals surface area contributed by atoms with E-state index >= 15 is 0 Å². The number of nitrogens with one attached hydrogen (secondary N) is 1. The van der Waals surface area contributed by atoms with Gasteiger partial charge in [0.1, 0.15) is 5.69 Å². The second-order valence-electron chi connectivity index (χ2n) is 4.00. The molecule has 2 rings (SSSR count). The maximum Gasteiger partial charge on any atom is 0.243 e. The summed E-state index contributed by atoms with van der Waals surface area (Å²) in [5, 5.41) is 11.7. The van der Waals surface area contributed by atoms with Gasteiger partial charge in [-0.3, -0.25) is 15.1 Å². The number of carbonyl (C=O) groups is 1. The Morgan fingerprint density at radius 2 is 2.35 bits per heavy atom. The van der Waals surface area contributed by atoms with Gasteiger partial charge in [0.15, 0.2) is 5.01 Å². The van der Waals surface area contributed by atoms with Crippen LogP contribution in [0.4, 0.5) is 5.13 Å². The maximum absolute atomic E-state index is 11.8. The van der Waals surface area contributed by atoms with Crippen LogP contribution in [0.3, 0.4) is 0 Å². The molecule has 6 nitrogen and oxygen atoms in total. The fourth-order valence-corrected chi connectivity index (χ4v) is 2.65. The fourth-order valence-electron chi connectivity index (χ4n) is 1.44. The smallest absolute Gasteiger partial charge is 0.243 e. The molecule has 0 unspecified atom stereocenters. The van der Waals surface area contributed by atoms with E-state index in [1.807, 2.05) is 24.5 Å². The zero-order valence-electron chi connectivity index (χ0n) is 10.9. The number of nitrogens with zero attached hydrogens (tertiary/aromatic N) is 3. The van der Waals surface area contributed by atoms with Gasteiger partial charge in [-0.05, 0) is 30.6 Å².